The molecule has 0 heterocycles. The zero-order chi connectivity index (χ0) is 18.3. The van der Waals surface area contributed by atoms with Crippen molar-refractivity contribution in [2.75, 3.05) is 13.2 Å². The molecule has 1 aromatic rings. The number of carbonyl (C=O) groups excluding carboxylic acids is 1. The number of halogens is 1. The first-order valence-electron chi connectivity index (χ1n) is 7.94. The first-order chi connectivity index (χ1) is 11.3. The maximum absolute atomic E-state index is 12.4. The molecule has 0 unspecified atom stereocenters. The van der Waals surface area contributed by atoms with E-state index in [1.54, 1.807) is 13.8 Å². The summed E-state index contributed by atoms with van der Waals surface area (Å²) in [5.74, 6) is -1.12. The van der Waals surface area contributed by atoms with Gasteiger partial charge in [0.2, 0.25) is 0 Å². The molecule has 2 N–H and O–H groups in total. The van der Waals surface area contributed by atoms with E-state index in [1.807, 2.05) is 13.8 Å². The van der Waals surface area contributed by atoms with Gasteiger partial charge in [0.25, 0.3) is 5.91 Å². The molecule has 1 atom stereocenters. The van der Waals surface area contributed by atoms with E-state index in [0.29, 0.717) is 24.7 Å². The van der Waals surface area contributed by atoms with Crippen molar-refractivity contribution < 1.29 is 24.2 Å². The first-order valence-corrected chi connectivity index (χ1v) is 8.32. The predicted octanol–water partition coefficient (Wildman–Crippen LogP) is 3.37. The van der Waals surface area contributed by atoms with Crippen molar-refractivity contribution in [1.82, 2.24) is 5.32 Å². The van der Waals surface area contributed by atoms with Crippen molar-refractivity contribution >= 4 is 23.5 Å². The largest absolute Gasteiger partial charge is 0.490 e. The minimum Gasteiger partial charge on any atom is -0.490 e. The molecule has 1 rings (SSSR count). The van der Waals surface area contributed by atoms with Crippen LogP contribution in [0.1, 0.15) is 44.5 Å². The Kier molecular flexibility index (Phi) is 7.85. The van der Waals surface area contributed by atoms with Crippen LogP contribution in [0.3, 0.4) is 0 Å². The predicted molar refractivity (Wildman–Crippen MR) is 92.1 cm³/mol. The zero-order valence-corrected chi connectivity index (χ0v) is 15.1. The van der Waals surface area contributed by atoms with Crippen molar-refractivity contribution in [3.8, 4) is 11.5 Å². The van der Waals surface area contributed by atoms with E-state index in [0.717, 1.165) is 6.42 Å². The summed E-state index contributed by atoms with van der Waals surface area (Å²) in [6.07, 6.45) is 0.804. The van der Waals surface area contributed by atoms with Gasteiger partial charge in [-0.15, -0.1) is 0 Å². The molecule has 1 amide bonds. The van der Waals surface area contributed by atoms with Crippen LogP contribution in [0.5, 0.6) is 11.5 Å². The van der Waals surface area contributed by atoms with Crippen molar-refractivity contribution in [1.29, 1.82) is 0 Å². The number of hydrogen-bond acceptors (Lipinski definition) is 4. The van der Waals surface area contributed by atoms with Crippen LogP contribution in [0.25, 0.3) is 0 Å². The Morgan fingerprint density at radius 2 is 1.92 bits per heavy atom. The second-order valence-corrected chi connectivity index (χ2v) is 6.01. The Bertz CT molecular complexity index is 589. The Hall–Kier alpha value is -1.95. The molecule has 0 saturated heterocycles. The fraction of sp³-hybridized carbons (Fsp3) is 0.529. The summed E-state index contributed by atoms with van der Waals surface area (Å²) in [4.78, 5) is 23.6. The second-order valence-electron chi connectivity index (χ2n) is 5.60. The number of benzene rings is 1. The van der Waals surface area contributed by atoms with Crippen LogP contribution in [0.4, 0.5) is 0 Å². The molecule has 134 valence electrons. The molecule has 1 aromatic carbocycles. The normalized spacial score (nSPS) is 11.9. The van der Waals surface area contributed by atoms with Gasteiger partial charge in [0.1, 0.15) is 6.04 Å². The molecule has 0 fully saturated rings. The quantitative estimate of drug-likeness (QED) is 0.707. The average molecular weight is 358 g/mol. The number of carboxylic acids is 1. The number of rotatable bonds is 9. The van der Waals surface area contributed by atoms with E-state index in [4.69, 9.17) is 21.1 Å². The van der Waals surface area contributed by atoms with Gasteiger partial charge in [0.15, 0.2) is 11.5 Å². The summed E-state index contributed by atoms with van der Waals surface area (Å²) in [7, 11) is 0. The molecule has 6 nitrogen and oxygen atoms in total. The summed E-state index contributed by atoms with van der Waals surface area (Å²) >= 11 is 6.21. The zero-order valence-electron chi connectivity index (χ0n) is 14.4. The average Bonchev–Trinajstić information content (AvgIpc) is 2.51. The van der Waals surface area contributed by atoms with E-state index in [1.165, 1.54) is 12.1 Å². The lowest BCUT2D eigenvalue weighted by Gasteiger charge is -2.19. The van der Waals surface area contributed by atoms with Crippen molar-refractivity contribution in [2.24, 2.45) is 5.92 Å². The lowest BCUT2D eigenvalue weighted by Crippen LogP contribution is -2.44. The van der Waals surface area contributed by atoms with Crippen LogP contribution >= 0.6 is 11.6 Å². The number of nitrogens with one attached hydrogen (secondary N) is 1. The van der Waals surface area contributed by atoms with Crippen LogP contribution in [-0.2, 0) is 4.79 Å². The molecule has 0 aliphatic rings. The fourth-order valence-corrected chi connectivity index (χ4v) is 2.31. The fourth-order valence-electron chi connectivity index (χ4n) is 2.04. The van der Waals surface area contributed by atoms with Crippen LogP contribution in [0.2, 0.25) is 5.02 Å². The highest BCUT2D eigenvalue weighted by Crippen LogP contribution is 2.36. The molecular weight excluding hydrogens is 334 g/mol. The highest BCUT2D eigenvalue weighted by Gasteiger charge is 2.25. The molecule has 0 aliphatic heterocycles. The topological polar surface area (TPSA) is 84.9 Å². The number of carboxylic acid groups (broad SMARTS) is 1. The standard InChI is InChI=1S/C17H24ClNO5/c1-5-7-24-15-12(18)8-11(9-13(15)23-6-2)16(20)19-14(10(3)4)17(21)22/h8-10,14H,5-7H2,1-4H3,(H,19,20)(H,21,22)/t14-/m1/s1. The summed E-state index contributed by atoms with van der Waals surface area (Å²) < 4.78 is 11.1. The van der Waals surface area contributed by atoms with Gasteiger partial charge in [-0.2, -0.15) is 0 Å². The van der Waals surface area contributed by atoms with Crippen LogP contribution in [0, 0.1) is 5.92 Å². The van der Waals surface area contributed by atoms with Crippen molar-refractivity contribution in [2.45, 2.75) is 40.2 Å². The highest BCUT2D eigenvalue weighted by atomic mass is 35.5. The summed E-state index contributed by atoms with van der Waals surface area (Å²) in [6.45, 7) is 8.07. The van der Waals surface area contributed by atoms with Crippen LogP contribution in [0.15, 0.2) is 12.1 Å². The third kappa shape index (κ3) is 5.30. The van der Waals surface area contributed by atoms with E-state index in [-0.39, 0.29) is 16.5 Å². The summed E-state index contributed by atoms with van der Waals surface area (Å²) in [6, 6.07) is 1.97. The van der Waals surface area contributed by atoms with Gasteiger partial charge in [0.05, 0.1) is 18.2 Å². The van der Waals surface area contributed by atoms with E-state index >= 15 is 0 Å². The minimum atomic E-state index is -1.09. The lowest BCUT2D eigenvalue weighted by molar-refractivity contribution is -0.140. The highest BCUT2D eigenvalue weighted by molar-refractivity contribution is 6.32. The number of ether oxygens (including phenoxy) is 2. The van der Waals surface area contributed by atoms with E-state index in [2.05, 4.69) is 5.32 Å². The van der Waals surface area contributed by atoms with Crippen LogP contribution < -0.4 is 14.8 Å². The summed E-state index contributed by atoms with van der Waals surface area (Å²) in [5, 5.41) is 11.9. The molecule has 0 bridgehead atoms. The maximum Gasteiger partial charge on any atom is 0.326 e. The van der Waals surface area contributed by atoms with Gasteiger partial charge in [0, 0.05) is 5.56 Å². The lowest BCUT2D eigenvalue weighted by atomic mass is 10.0. The second kappa shape index (κ2) is 9.37. The van der Waals surface area contributed by atoms with E-state index in [9.17, 15) is 14.7 Å². The molecule has 0 spiro atoms. The molecule has 0 aromatic heterocycles. The third-order valence-electron chi connectivity index (χ3n) is 3.24. The van der Waals surface area contributed by atoms with Crippen molar-refractivity contribution in [3.63, 3.8) is 0 Å². The SMILES string of the molecule is CCCOc1c(Cl)cc(C(=O)N[C@@H](C(=O)O)C(C)C)cc1OCC. The Morgan fingerprint density at radius 1 is 1.25 bits per heavy atom. The minimum absolute atomic E-state index is 0.221. The van der Waals surface area contributed by atoms with E-state index < -0.39 is 17.9 Å². The number of amides is 1. The monoisotopic (exact) mass is 357 g/mol. The molecule has 0 saturated carbocycles. The van der Waals surface area contributed by atoms with Gasteiger partial charge in [-0.25, -0.2) is 4.79 Å². The smallest absolute Gasteiger partial charge is 0.326 e. The summed E-state index contributed by atoms with van der Waals surface area (Å²) in [5.41, 5.74) is 0.221. The molecule has 24 heavy (non-hydrogen) atoms. The number of hydrogen-bond donors (Lipinski definition) is 2. The van der Waals surface area contributed by atoms with Gasteiger partial charge < -0.3 is 19.9 Å². The Labute approximate surface area is 147 Å². The van der Waals surface area contributed by atoms with Gasteiger partial charge in [-0.3, -0.25) is 4.79 Å². The van der Waals surface area contributed by atoms with Gasteiger partial charge >= 0.3 is 5.97 Å². The maximum atomic E-state index is 12.4. The van der Waals surface area contributed by atoms with Crippen LogP contribution in [-0.4, -0.2) is 36.2 Å². The Morgan fingerprint density at radius 3 is 2.42 bits per heavy atom. The molecule has 0 radical (unpaired) electrons. The molecule has 0 aliphatic carbocycles. The van der Waals surface area contributed by atoms with Gasteiger partial charge in [-0.05, 0) is 31.4 Å². The van der Waals surface area contributed by atoms with Crippen molar-refractivity contribution in [3.05, 3.63) is 22.7 Å². The number of aliphatic carboxylic acids is 1. The Balaban J connectivity index is 3.10. The molecular formula is C17H24ClNO5. The third-order valence-corrected chi connectivity index (χ3v) is 3.52. The number of carbonyl (C=O) groups is 2. The first kappa shape index (κ1) is 20.1. The molecule has 7 heteroatoms. The van der Waals surface area contributed by atoms with Gasteiger partial charge in [-0.1, -0.05) is 32.4 Å².